The molecule has 0 aliphatic heterocycles. The molecule has 82 valence electrons. The molecule has 1 amide bonds. The van der Waals surface area contributed by atoms with E-state index in [4.69, 9.17) is 11.6 Å². The second kappa shape index (κ2) is 5.41. The van der Waals surface area contributed by atoms with Crippen LogP contribution in [0.25, 0.3) is 0 Å². The highest BCUT2D eigenvalue weighted by Gasteiger charge is 2.03. The van der Waals surface area contributed by atoms with Crippen LogP contribution in [-0.4, -0.2) is 29.1 Å². The van der Waals surface area contributed by atoms with Crippen molar-refractivity contribution < 1.29 is 9.90 Å². The maximum Gasteiger partial charge on any atom is 0.239 e. The summed E-state index contributed by atoms with van der Waals surface area (Å²) in [6.07, 6.45) is 1.32. The van der Waals surface area contributed by atoms with Gasteiger partial charge >= 0.3 is 0 Å². The molecule has 15 heavy (non-hydrogen) atoms. The highest BCUT2D eigenvalue weighted by atomic mass is 35.5. The highest BCUT2D eigenvalue weighted by molar-refractivity contribution is 6.31. The molecule has 0 fully saturated rings. The lowest BCUT2D eigenvalue weighted by atomic mass is 10.4. The average Bonchev–Trinajstić information content (AvgIpc) is 2.20. The lowest BCUT2D eigenvalue weighted by Crippen LogP contribution is -2.29. The van der Waals surface area contributed by atoms with Gasteiger partial charge in [-0.05, 0) is 6.92 Å². The topological polar surface area (TPSA) is 74.2 Å². The number of rotatable bonds is 4. The van der Waals surface area contributed by atoms with Gasteiger partial charge < -0.3 is 15.7 Å². The van der Waals surface area contributed by atoms with Gasteiger partial charge in [0, 0.05) is 12.6 Å². The van der Waals surface area contributed by atoms with E-state index in [0.717, 1.165) is 0 Å². The smallest absolute Gasteiger partial charge is 0.239 e. The highest BCUT2D eigenvalue weighted by Crippen LogP contribution is 2.23. The van der Waals surface area contributed by atoms with Gasteiger partial charge in [-0.3, -0.25) is 4.79 Å². The Hall–Kier alpha value is -1.49. The number of hydrogen-bond donors (Lipinski definition) is 3. The second-order valence-corrected chi connectivity index (χ2v) is 3.24. The van der Waals surface area contributed by atoms with Crippen molar-refractivity contribution in [3.63, 3.8) is 0 Å². The van der Waals surface area contributed by atoms with Crippen molar-refractivity contribution in [2.75, 3.05) is 18.4 Å². The van der Waals surface area contributed by atoms with E-state index in [9.17, 15) is 9.90 Å². The van der Waals surface area contributed by atoms with E-state index < -0.39 is 0 Å². The van der Waals surface area contributed by atoms with E-state index in [2.05, 4.69) is 15.6 Å². The fraction of sp³-hybridized carbons (Fsp3) is 0.333. The summed E-state index contributed by atoms with van der Waals surface area (Å²) in [5.41, 5.74) is 0. The van der Waals surface area contributed by atoms with Gasteiger partial charge in [0.25, 0.3) is 0 Å². The van der Waals surface area contributed by atoms with E-state index in [1.54, 1.807) is 0 Å². The molecule has 0 aliphatic carbocycles. The Bertz CT molecular complexity index is 357. The standard InChI is InChI=1S/C9H12ClN3O2/c1-2-11-9(15)5-13-8-3-7(14)6(10)4-12-8/h3-4H,2,5H2,1H3,(H,11,15)(H2,12,13,14). The van der Waals surface area contributed by atoms with Gasteiger partial charge in [-0.1, -0.05) is 11.6 Å². The van der Waals surface area contributed by atoms with Crippen LogP contribution >= 0.6 is 11.6 Å². The zero-order chi connectivity index (χ0) is 11.3. The first-order chi connectivity index (χ1) is 7.13. The molecule has 1 aromatic rings. The number of halogens is 1. The number of aromatic nitrogens is 1. The van der Waals surface area contributed by atoms with Gasteiger partial charge in [0.05, 0.1) is 12.7 Å². The summed E-state index contributed by atoms with van der Waals surface area (Å²) in [6.45, 7) is 2.53. The summed E-state index contributed by atoms with van der Waals surface area (Å²) in [4.78, 5) is 15.0. The predicted octanol–water partition coefficient (Wildman–Crippen LogP) is 0.989. The number of carbonyl (C=O) groups is 1. The fourth-order valence-corrected chi connectivity index (χ4v) is 1.06. The molecule has 3 N–H and O–H groups in total. The number of pyridine rings is 1. The monoisotopic (exact) mass is 229 g/mol. The van der Waals surface area contributed by atoms with Crippen LogP contribution in [0.3, 0.4) is 0 Å². The minimum Gasteiger partial charge on any atom is -0.506 e. The van der Waals surface area contributed by atoms with Gasteiger partial charge in [0.2, 0.25) is 5.91 Å². The van der Waals surface area contributed by atoms with Crippen LogP contribution in [0.5, 0.6) is 5.75 Å². The summed E-state index contributed by atoms with van der Waals surface area (Å²) in [6, 6.07) is 1.36. The molecule has 0 aliphatic rings. The number of hydrogen-bond acceptors (Lipinski definition) is 4. The Balaban J connectivity index is 2.51. The van der Waals surface area contributed by atoms with E-state index in [1.807, 2.05) is 6.92 Å². The van der Waals surface area contributed by atoms with E-state index in [1.165, 1.54) is 12.3 Å². The van der Waals surface area contributed by atoms with Crippen LogP contribution in [0.4, 0.5) is 5.82 Å². The molecule has 0 unspecified atom stereocenters. The summed E-state index contributed by atoms with van der Waals surface area (Å²) in [7, 11) is 0. The molecule has 6 heteroatoms. The average molecular weight is 230 g/mol. The Labute approximate surface area is 92.5 Å². The summed E-state index contributed by atoms with van der Waals surface area (Å²) in [5, 5.41) is 14.8. The molecule has 1 rings (SSSR count). The maximum absolute atomic E-state index is 11.1. The third kappa shape index (κ3) is 3.63. The molecule has 0 saturated carbocycles. The minimum atomic E-state index is -0.131. The molecule has 0 spiro atoms. The van der Waals surface area contributed by atoms with Crippen molar-refractivity contribution in [2.45, 2.75) is 6.92 Å². The third-order valence-electron chi connectivity index (χ3n) is 1.64. The number of carbonyl (C=O) groups excluding carboxylic acids is 1. The van der Waals surface area contributed by atoms with Gasteiger partial charge in [0.15, 0.2) is 0 Å². The molecule has 0 bridgehead atoms. The summed E-state index contributed by atoms with van der Waals surface area (Å²) >= 11 is 5.57. The largest absolute Gasteiger partial charge is 0.506 e. The molecule has 0 radical (unpaired) electrons. The van der Waals surface area contributed by atoms with Crippen molar-refractivity contribution in [1.29, 1.82) is 0 Å². The van der Waals surface area contributed by atoms with Gasteiger partial charge in [-0.2, -0.15) is 0 Å². The van der Waals surface area contributed by atoms with Crippen LogP contribution in [0, 0.1) is 0 Å². The molecule has 1 heterocycles. The Morgan fingerprint density at radius 1 is 1.67 bits per heavy atom. The Morgan fingerprint density at radius 2 is 2.40 bits per heavy atom. The second-order valence-electron chi connectivity index (χ2n) is 2.83. The number of amides is 1. The molecule has 1 aromatic heterocycles. The SMILES string of the molecule is CCNC(=O)CNc1cc(O)c(Cl)cn1. The first kappa shape index (κ1) is 11.6. The van der Waals surface area contributed by atoms with Crippen LogP contribution in [0.2, 0.25) is 5.02 Å². The molecule has 0 atom stereocenters. The predicted molar refractivity (Wildman–Crippen MR) is 58.1 cm³/mol. The van der Waals surface area contributed by atoms with E-state index in [-0.39, 0.29) is 23.2 Å². The molecule has 5 nitrogen and oxygen atoms in total. The molecule has 0 saturated heterocycles. The van der Waals surface area contributed by atoms with Gasteiger partial charge in [0.1, 0.15) is 16.6 Å². The van der Waals surface area contributed by atoms with E-state index >= 15 is 0 Å². The Morgan fingerprint density at radius 3 is 3.00 bits per heavy atom. The lowest BCUT2D eigenvalue weighted by molar-refractivity contribution is -0.119. The maximum atomic E-state index is 11.1. The van der Waals surface area contributed by atoms with Crippen LogP contribution in [0.1, 0.15) is 6.92 Å². The van der Waals surface area contributed by atoms with Crippen LogP contribution in [0.15, 0.2) is 12.3 Å². The summed E-state index contributed by atoms with van der Waals surface area (Å²) in [5.74, 6) is 0.210. The first-order valence-electron chi connectivity index (χ1n) is 4.48. The molecular weight excluding hydrogens is 218 g/mol. The first-order valence-corrected chi connectivity index (χ1v) is 4.86. The van der Waals surface area contributed by atoms with Gasteiger partial charge in [-0.15, -0.1) is 0 Å². The molecule has 0 aromatic carbocycles. The zero-order valence-electron chi connectivity index (χ0n) is 8.25. The van der Waals surface area contributed by atoms with E-state index in [0.29, 0.717) is 12.4 Å². The number of nitrogens with zero attached hydrogens (tertiary/aromatic N) is 1. The number of anilines is 1. The number of likely N-dealkylation sites (N-methyl/N-ethyl adjacent to an activating group) is 1. The lowest BCUT2D eigenvalue weighted by Gasteiger charge is -2.06. The van der Waals surface area contributed by atoms with Crippen molar-refractivity contribution in [3.05, 3.63) is 17.3 Å². The third-order valence-corrected chi connectivity index (χ3v) is 1.93. The number of aromatic hydroxyl groups is 1. The summed E-state index contributed by atoms with van der Waals surface area (Å²) < 4.78 is 0. The van der Waals surface area contributed by atoms with Crippen molar-refractivity contribution in [3.8, 4) is 5.75 Å². The van der Waals surface area contributed by atoms with Crippen molar-refractivity contribution in [1.82, 2.24) is 10.3 Å². The van der Waals surface area contributed by atoms with Crippen LogP contribution in [-0.2, 0) is 4.79 Å². The quantitative estimate of drug-likeness (QED) is 0.720. The molecular formula is C9H12ClN3O2. The van der Waals surface area contributed by atoms with Crippen molar-refractivity contribution >= 4 is 23.3 Å². The number of nitrogens with one attached hydrogen (secondary N) is 2. The fourth-order valence-electron chi connectivity index (χ4n) is 0.955. The Kier molecular flexibility index (Phi) is 4.17. The van der Waals surface area contributed by atoms with Crippen LogP contribution < -0.4 is 10.6 Å². The normalized spacial score (nSPS) is 9.73. The minimum absolute atomic E-state index is 0.0648. The van der Waals surface area contributed by atoms with Crippen molar-refractivity contribution in [2.24, 2.45) is 0 Å². The van der Waals surface area contributed by atoms with Gasteiger partial charge in [-0.25, -0.2) is 4.98 Å². The zero-order valence-corrected chi connectivity index (χ0v) is 9.01.